The Hall–Kier alpha value is -2.48. The molecule has 2 N–H and O–H groups in total. The third-order valence-corrected chi connectivity index (χ3v) is 2.79. The van der Waals surface area contributed by atoms with E-state index in [1.165, 1.54) is 0 Å². The lowest BCUT2D eigenvalue weighted by atomic mass is 10.2. The van der Waals surface area contributed by atoms with Gasteiger partial charge in [-0.1, -0.05) is 13.3 Å². The Morgan fingerprint density at radius 3 is 2.63 bits per heavy atom. The van der Waals surface area contributed by atoms with E-state index in [0.717, 1.165) is 18.5 Å². The van der Waals surface area contributed by atoms with Gasteiger partial charge in [0.05, 0.1) is 17.3 Å². The van der Waals surface area contributed by atoms with E-state index < -0.39 is 0 Å². The molecule has 0 spiro atoms. The summed E-state index contributed by atoms with van der Waals surface area (Å²) in [7, 11) is 1.80. The number of nitrogens with zero attached hydrogens (tertiary/aromatic N) is 3. The molecule has 0 amide bonds. The normalized spacial score (nSPS) is 10.2. The molecule has 2 rings (SSSR count). The van der Waals surface area contributed by atoms with E-state index in [4.69, 9.17) is 15.7 Å². The van der Waals surface area contributed by atoms with Gasteiger partial charge in [-0.25, -0.2) is 4.68 Å². The number of ether oxygens (including phenoxy) is 1. The SMILES string of the molecule is CCCc1nn(C)c(Oc2ccc(C#N)cc2)c1N. The average molecular weight is 256 g/mol. The van der Waals surface area contributed by atoms with Crippen molar-refractivity contribution in [2.45, 2.75) is 19.8 Å². The van der Waals surface area contributed by atoms with Crippen molar-refractivity contribution in [2.24, 2.45) is 7.05 Å². The minimum absolute atomic E-state index is 0.535. The highest BCUT2D eigenvalue weighted by molar-refractivity contribution is 5.54. The fraction of sp³-hybridized carbons (Fsp3) is 0.286. The summed E-state index contributed by atoms with van der Waals surface area (Å²) < 4.78 is 7.37. The smallest absolute Gasteiger partial charge is 0.241 e. The van der Waals surface area contributed by atoms with Gasteiger partial charge in [-0.3, -0.25) is 0 Å². The molecule has 0 bridgehead atoms. The highest BCUT2D eigenvalue weighted by atomic mass is 16.5. The molecule has 1 heterocycles. The Morgan fingerprint density at radius 2 is 2.05 bits per heavy atom. The van der Waals surface area contributed by atoms with E-state index in [1.54, 1.807) is 36.0 Å². The van der Waals surface area contributed by atoms with Crippen LogP contribution in [0.3, 0.4) is 0 Å². The molecule has 98 valence electrons. The van der Waals surface area contributed by atoms with E-state index in [2.05, 4.69) is 18.1 Å². The molecule has 1 aromatic carbocycles. The number of hydrogen-bond acceptors (Lipinski definition) is 4. The highest BCUT2D eigenvalue weighted by Gasteiger charge is 2.14. The van der Waals surface area contributed by atoms with Gasteiger partial charge in [-0.05, 0) is 30.7 Å². The Morgan fingerprint density at radius 1 is 1.37 bits per heavy atom. The van der Waals surface area contributed by atoms with E-state index >= 15 is 0 Å². The second-order valence-corrected chi connectivity index (χ2v) is 4.28. The molecule has 0 radical (unpaired) electrons. The lowest BCUT2D eigenvalue weighted by Crippen LogP contribution is -1.97. The van der Waals surface area contributed by atoms with Gasteiger partial charge in [-0.2, -0.15) is 10.4 Å². The number of hydrogen-bond donors (Lipinski definition) is 1. The van der Waals surface area contributed by atoms with Crippen molar-refractivity contribution >= 4 is 5.69 Å². The lowest BCUT2D eigenvalue weighted by molar-refractivity contribution is 0.432. The first-order valence-corrected chi connectivity index (χ1v) is 6.15. The zero-order valence-electron chi connectivity index (χ0n) is 11.1. The van der Waals surface area contributed by atoms with Crippen molar-refractivity contribution in [3.8, 4) is 17.7 Å². The highest BCUT2D eigenvalue weighted by Crippen LogP contribution is 2.30. The number of aromatic nitrogens is 2. The Bertz CT molecular complexity index is 608. The second kappa shape index (κ2) is 5.44. The maximum atomic E-state index is 8.74. The number of nitriles is 1. The lowest BCUT2D eigenvalue weighted by Gasteiger charge is -2.06. The first-order chi connectivity index (χ1) is 9.15. The van der Waals surface area contributed by atoms with Crippen molar-refractivity contribution in [1.82, 2.24) is 9.78 Å². The molecule has 0 saturated carbocycles. The molecule has 0 atom stereocenters. The van der Waals surface area contributed by atoms with Gasteiger partial charge in [0.25, 0.3) is 0 Å². The van der Waals surface area contributed by atoms with Crippen molar-refractivity contribution in [1.29, 1.82) is 5.26 Å². The Kier molecular flexibility index (Phi) is 3.71. The minimum Gasteiger partial charge on any atom is -0.437 e. The molecule has 5 heteroatoms. The molecule has 0 unspecified atom stereocenters. The van der Waals surface area contributed by atoms with Gasteiger partial charge in [-0.15, -0.1) is 0 Å². The largest absolute Gasteiger partial charge is 0.437 e. The number of rotatable bonds is 4. The molecule has 0 aliphatic rings. The summed E-state index contributed by atoms with van der Waals surface area (Å²) in [5.74, 6) is 1.17. The van der Waals surface area contributed by atoms with Crippen LogP contribution in [0.1, 0.15) is 24.6 Å². The van der Waals surface area contributed by atoms with Crippen LogP contribution in [-0.2, 0) is 13.5 Å². The van der Waals surface area contributed by atoms with Crippen LogP contribution in [0.15, 0.2) is 24.3 Å². The van der Waals surface area contributed by atoms with Crippen LogP contribution < -0.4 is 10.5 Å². The predicted molar refractivity (Wildman–Crippen MR) is 72.8 cm³/mol. The maximum absolute atomic E-state index is 8.74. The molecule has 0 saturated heterocycles. The average Bonchev–Trinajstić information content (AvgIpc) is 2.68. The predicted octanol–water partition coefficient (Wildman–Crippen LogP) is 2.62. The Labute approximate surface area is 112 Å². The van der Waals surface area contributed by atoms with E-state index in [9.17, 15) is 0 Å². The number of anilines is 1. The fourth-order valence-corrected chi connectivity index (χ4v) is 1.83. The molecule has 0 aliphatic carbocycles. The van der Waals surface area contributed by atoms with Crippen LogP contribution in [0.4, 0.5) is 5.69 Å². The van der Waals surface area contributed by atoms with Crippen molar-refractivity contribution in [3.63, 3.8) is 0 Å². The van der Waals surface area contributed by atoms with Crippen LogP contribution in [0.25, 0.3) is 0 Å². The molecular formula is C14H16N4O. The summed E-state index contributed by atoms with van der Waals surface area (Å²) in [6.45, 7) is 2.08. The van der Waals surface area contributed by atoms with Crippen molar-refractivity contribution in [3.05, 3.63) is 35.5 Å². The quantitative estimate of drug-likeness (QED) is 0.912. The van der Waals surface area contributed by atoms with E-state index in [-0.39, 0.29) is 0 Å². The zero-order valence-corrected chi connectivity index (χ0v) is 11.1. The van der Waals surface area contributed by atoms with Crippen LogP contribution in [0.2, 0.25) is 0 Å². The maximum Gasteiger partial charge on any atom is 0.241 e. The van der Waals surface area contributed by atoms with Crippen LogP contribution in [0.5, 0.6) is 11.6 Å². The van der Waals surface area contributed by atoms with E-state index in [1.807, 2.05) is 0 Å². The third kappa shape index (κ3) is 2.68. The third-order valence-electron chi connectivity index (χ3n) is 2.79. The number of benzene rings is 1. The summed E-state index contributed by atoms with van der Waals surface area (Å²) in [4.78, 5) is 0. The minimum atomic E-state index is 0.535. The van der Waals surface area contributed by atoms with Gasteiger partial charge in [0.15, 0.2) is 0 Å². The van der Waals surface area contributed by atoms with E-state index in [0.29, 0.717) is 22.9 Å². The summed E-state index contributed by atoms with van der Waals surface area (Å²) in [6.07, 6.45) is 1.81. The molecule has 0 fully saturated rings. The Balaban J connectivity index is 2.25. The van der Waals surface area contributed by atoms with Gasteiger partial charge >= 0.3 is 0 Å². The van der Waals surface area contributed by atoms with Gasteiger partial charge < -0.3 is 10.5 Å². The second-order valence-electron chi connectivity index (χ2n) is 4.28. The first-order valence-electron chi connectivity index (χ1n) is 6.15. The van der Waals surface area contributed by atoms with Crippen molar-refractivity contribution < 1.29 is 4.74 Å². The molecular weight excluding hydrogens is 240 g/mol. The number of nitrogen functional groups attached to an aromatic ring is 1. The summed E-state index contributed by atoms with van der Waals surface area (Å²) in [5, 5.41) is 13.1. The fourth-order valence-electron chi connectivity index (χ4n) is 1.83. The zero-order chi connectivity index (χ0) is 13.8. The van der Waals surface area contributed by atoms with Crippen molar-refractivity contribution in [2.75, 3.05) is 5.73 Å². The molecule has 19 heavy (non-hydrogen) atoms. The van der Waals surface area contributed by atoms with Crippen LogP contribution in [0, 0.1) is 11.3 Å². The molecule has 2 aromatic rings. The monoisotopic (exact) mass is 256 g/mol. The summed E-state index contributed by atoms with van der Waals surface area (Å²) >= 11 is 0. The standard InChI is InChI=1S/C14H16N4O/c1-3-4-12-13(16)14(18(2)17-12)19-11-7-5-10(9-15)6-8-11/h5-8H,3-4,16H2,1-2H3. The van der Waals surface area contributed by atoms with Crippen LogP contribution >= 0.6 is 0 Å². The first kappa shape index (κ1) is 13.0. The molecule has 5 nitrogen and oxygen atoms in total. The molecule has 0 aliphatic heterocycles. The number of nitrogens with two attached hydrogens (primary N) is 1. The van der Waals surface area contributed by atoms with Gasteiger partial charge in [0.2, 0.25) is 5.88 Å². The molecule has 1 aromatic heterocycles. The van der Waals surface area contributed by atoms with Gasteiger partial charge in [0.1, 0.15) is 11.4 Å². The summed E-state index contributed by atoms with van der Waals surface area (Å²) in [5.41, 5.74) is 8.06. The number of aryl methyl sites for hydroxylation is 2. The van der Waals surface area contributed by atoms with Gasteiger partial charge in [0, 0.05) is 7.05 Å². The van der Waals surface area contributed by atoms with Crippen LogP contribution in [-0.4, -0.2) is 9.78 Å². The topological polar surface area (TPSA) is 76.9 Å². The summed E-state index contributed by atoms with van der Waals surface area (Å²) in [6, 6.07) is 8.95.